The fourth-order valence-electron chi connectivity index (χ4n) is 2.94. The highest BCUT2D eigenvalue weighted by atomic mass is 16.6. The van der Waals surface area contributed by atoms with Crippen LogP contribution in [0.2, 0.25) is 0 Å². The van der Waals surface area contributed by atoms with E-state index in [1.807, 2.05) is 20.8 Å². The van der Waals surface area contributed by atoms with Crippen LogP contribution in [0.4, 0.5) is 4.79 Å². The SMILES string of the molecule is CC(C)(C)OC(=O)NCCCCCCNC(=O)Cc1cc(=O)oc2cc(O)ccc12. The summed E-state index contributed by atoms with van der Waals surface area (Å²) >= 11 is 0. The Labute approximate surface area is 175 Å². The molecule has 0 aliphatic rings. The van der Waals surface area contributed by atoms with Crippen LogP contribution in [0, 0.1) is 0 Å². The van der Waals surface area contributed by atoms with Crippen molar-refractivity contribution in [2.45, 2.75) is 58.5 Å². The van der Waals surface area contributed by atoms with Gasteiger partial charge in [0.05, 0.1) is 6.42 Å². The topological polar surface area (TPSA) is 118 Å². The van der Waals surface area contributed by atoms with Gasteiger partial charge in [-0.2, -0.15) is 0 Å². The normalized spacial score (nSPS) is 11.3. The third-order valence-corrected chi connectivity index (χ3v) is 4.26. The fourth-order valence-corrected chi connectivity index (χ4v) is 2.94. The van der Waals surface area contributed by atoms with E-state index in [9.17, 15) is 19.5 Å². The summed E-state index contributed by atoms with van der Waals surface area (Å²) in [6, 6.07) is 5.77. The summed E-state index contributed by atoms with van der Waals surface area (Å²) in [6.45, 7) is 6.56. The molecule has 0 bridgehead atoms. The number of phenols is 1. The predicted octanol–water partition coefficient (Wildman–Crippen LogP) is 3.24. The zero-order valence-electron chi connectivity index (χ0n) is 17.7. The molecule has 0 saturated heterocycles. The second kappa shape index (κ2) is 10.7. The highest BCUT2D eigenvalue weighted by Gasteiger charge is 2.15. The molecule has 0 saturated carbocycles. The van der Waals surface area contributed by atoms with Gasteiger partial charge in [-0.3, -0.25) is 4.79 Å². The van der Waals surface area contributed by atoms with Crippen LogP contribution in [0.25, 0.3) is 11.0 Å². The summed E-state index contributed by atoms with van der Waals surface area (Å²) in [7, 11) is 0. The maximum absolute atomic E-state index is 12.2. The van der Waals surface area contributed by atoms with Crippen LogP contribution in [-0.2, 0) is 16.0 Å². The molecule has 1 aromatic carbocycles. The molecule has 8 nitrogen and oxygen atoms in total. The number of carbonyl (C=O) groups excluding carboxylic acids is 2. The number of fused-ring (bicyclic) bond motifs is 1. The van der Waals surface area contributed by atoms with E-state index in [2.05, 4.69) is 10.6 Å². The van der Waals surface area contributed by atoms with Crippen LogP contribution in [-0.4, -0.2) is 35.8 Å². The molecule has 2 amide bonds. The van der Waals surface area contributed by atoms with E-state index >= 15 is 0 Å². The van der Waals surface area contributed by atoms with Gasteiger partial charge in [0.15, 0.2) is 0 Å². The zero-order valence-corrected chi connectivity index (χ0v) is 17.7. The minimum Gasteiger partial charge on any atom is -0.508 e. The Morgan fingerprint density at radius 1 is 1.03 bits per heavy atom. The van der Waals surface area contributed by atoms with Gasteiger partial charge in [0, 0.05) is 30.6 Å². The van der Waals surface area contributed by atoms with Gasteiger partial charge in [0.2, 0.25) is 5.91 Å². The Balaban J connectivity index is 1.65. The minimum absolute atomic E-state index is 0.00598. The number of nitrogens with one attached hydrogen (secondary N) is 2. The van der Waals surface area contributed by atoms with Crippen LogP contribution in [0.15, 0.2) is 33.5 Å². The maximum atomic E-state index is 12.2. The highest BCUT2D eigenvalue weighted by molar-refractivity contribution is 5.87. The zero-order chi connectivity index (χ0) is 22.1. The lowest BCUT2D eigenvalue weighted by Gasteiger charge is -2.19. The number of rotatable bonds is 9. The van der Waals surface area contributed by atoms with Crippen LogP contribution in [0.3, 0.4) is 0 Å². The van der Waals surface area contributed by atoms with E-state index in [0.717, 1.165) is 25.7 Å². The van der Waals surface area contributed by atoms with Gasteiger partial charge in [0.1, 0.15) is 16.9 Å². The van der Waals surface area contributed by atoms with Crippen molar-refractivity contribution in [2.75, 3.05) is 13.1 Å². The van der Waals surface area contributed by atoms with Crippen molar-refractivity contribution in [2.24, 2.45) is 0 Å². The molecule has 1 heterocycles. The van der Waals surface area contributed by atoms with Crippen LogP contribution in [0.1, 0.15) is 52.0 Å². The van der Waals surface area contributed by atoms with Crippen molar-refractivity contribution in [3.8, 4) is 5.75 Å². The van der Waals surface area contributed by atoms with Crippen LogP contribution < -0.4 is 16.3 Å². The molecule has 0 spiro atoms. The number of phenolic OH excluding ortho intramolecular Hbond substituents is 1. The molecule has 8 heteroatoms. The fraction of sp³-hybridized carbons (Fsp3) is 0.500. The lowest BCUT2D eigenvalue weighted by molar-refractivity contribution is -0.120. The van der Waals surface area contributed by atoms with Gasteiger partial charge in [-0.15, -0.1) is 0 Å². The van der Waals surface area contributed by atoms with E-state index in [4.69, 9.17) is 9.15 Å². The Kier molecular flexibility index (Phi) is 8.26. The third kappa shape index (κ3) is 8.14. The molecule has 3 N–H and O–H groups in total. The maximum Gasteiger partial charge on any atom is 0.407 e. The van der Waals surface area contributed by atoms with Crippen LogP contribution in [0.5, 0.6) is 5.75 Å². The quantitative estimate of drug-likeness (QED) is 0.425. The number of ether oxygens (including phenoxy) is 1. The molecular formula is C22H30N2O6. The van der Waals surface area contributed by atoms with Gasteiger partial charge in [-0.1, -0.05) is 12.8 Å². The summed E-state index contributed by atoms with van der Waals surface area (Å²) in [5.41, 5.74) is -0.242. The van der Waals surface area contributed by atoms with Crippen molar-refractivity contribution in [1.82, 2.24) is 10.6 Å². The Bertz CT molecular complexity index is 929. The molecule has 0 atom stereocenters. The number of hydrogen-bond donors (Lipinski definition) is 3. The van der Waals surface area contributed by atoms with Crippen molar-refractivity contribution < 1.29 is 23.8 Å². The average molecular weight is 418 g/mol. The van der Waals surface area contributed by atoms with Gasteiger partial charge < -0.3 is 24.9 Å². The van der Waals surface area contributed by atoms with E-state index in [1.54, 1.807) is 6.07 Å². The lowest BCUT2D eigenvalue weighted by atomic mass is 10.1. The smallest absolute Gasteiger partial charge is 0.407 e. The molecule has 0 aliphatic carbocycles. The Morgan fingerprint density at radius 3 is 2.37 bits per heavy atom. The molecule has 0 unspecified atom stereocenters. The van der Waals surface area contributed by atoms with Gasteiger partial charge in [-0.25, -0.2) is 9.59 Å². The van der Waals surface area contributed by atoms with E-state index < -0.39 is 17.3 Å². The Morgan fingerprint density at radius 2 is 1.70 bits per heavy atom. The summed E-state index contributed by atoms with van der Waals surface area (Å²) in [6.07, 6.45) is 3.17. The van der Waals surface area contributed by atoms with Gasteiger partial charge in [0.25, 0.3) is 0 Å². The second-order valence-corrected chi connectivity index (χ2v) is 8.14. The number of hydrogen-bond acceptors (Lipinski definition) is 6. The van der Waals surface area contributed by atoms with Crippen LogP contribution >= 0.6 is 0 Å². The van der Waals surface area contributed by atoms with Gasteiger partial charge in [-0.05, 0) is 51.3 Å². The lowest BCUT2D eigenvalue weighted by Crippen LogP contribution is -2.33. The standard InChI is InChI=1S/C22H30N2O6/c1-22(2,3)30-21(28)24-11-7-5-4-6-10-23-19(26)12-15-13-20(27)29-18-14-16(25)8-9-17(15)18/h8-9,13-14,25H,4-7,10-12H2,1-3H3,(H,23,26)(H,24,28). The first kappa shape index (κ1) is 23.3. The number of benzene rings is 1. The van der Waals surface area contributed by atoms with E-state index in [0.29, 0.717) is 24.0 Å². The average Bonchev–Trinajstić information content (AvgIpc) is 2.61. The number of alkyl carbamates (subject to hydrolysis) is 1. The third-order valence-electron chi connectivity index (χ3n) is 4.26. The molecule has 0 fully saturated rings. The van der Waals surface area contributed by atoms with Crippen molar-refractivity contribution in [1.29, 1.82) is 0 Å². The summed E-state index contributed by atoms with van der Waals surface area (Å²) < 4.78 is 10.2. The monoisotopic (exact) mass is 418 g/mol. The summed E-state index contributed by atoms with van der Waals surface area (Å²) in [5.74, 6) is -0.185. The predicted molar refractivity (Wildman–Crippen MR) is 114 cm³/mol. The molecule has 30 heavy (non-hydrogen) atoms. The number of aromatic hydroxyl groups is 1. The molecular weight excluding hydrogens is 388 g/mol. The van der Waals surface area contributed by atoms with Crippen molar-refractivity contribution >= 4 is 23.0 Å². The summed E-state index contributed by atoms with van der Waals surface area (Å²) in [4.78, 5) is 35.4. The second-order valence-electron chi connectivity index (χ2n) is 8.14. The van der Waals surface area contributed by atoms with Crippen molar-refractivity contribution in [3.63, 3.8) is 0 Å². The van der Waals surface area contributed by atoms with Gasteiger partial charge >= 0.3 is 11.7 Å². The first-order chi connectivity index (χ1) is 14.1. The molecule has 0 aliphatic heterocycles. The van der Waals surface area contributed by atoms with E-state index in [1.165, 1.54) is 18.2 Å². The largest absolute Gasteiger partial charge is 0.508 e. The highest BCUT2D eigenvalue weighted by Crippen LogP contribution is 2.22. The number of amides is 2. The van der Waals surface area contributed by atoms with Crippen molar-refractivity contribution in [3.05, 3.63) is 40.2 Å². The molecule has 164 valence electrons. The minimum atomic E-state index is -0.559. The molecule has 2 aromatic rings. The first-order valence-electron chi connectivity index (χ1n) is 10.1. The molecule has 1 aromatic heterocycles. The number of carbonyl (C=O) groups is 2. The number of unbranched alkanes of at least 4 members (excludes halogenated alkanes) is 3. The molecule has 0 radical (unpaired) electrons. The molecule has 2 rings (SSSR count). The Hall–Kier alpha value is -3.03. The summed E-state index contributed by atoms with van der Waals surface area (Å²) in [5, 5.41) is 15.7. The first-order valence-corrected chi connectivity index (χ1v) is 10.1. The van der Waals surface area contributed by atoms with E-state index in [-0.39, 0.29) is 23.7 Å².